The van der Waals surface area contributed by atoms with Crippen LogP contribution in [0.5, 0.6) is 0 Å². The highest BCUT2D eigenvalue weighted by atomic mass is 16.2. The molecule has 0 aromatic heterocycles. The Kier molecular flexibility index (Phi) is 2.97. The first-order chi connectivity index (χ1) is 8.83. The minimum atomic E-state index is -0.148. The van der Waals surface area contributed by atoms with Crippen LogP contribution in [0, 0.1) is 17.8 Å². The summed E-state index contributed by atoms with van der Waals surface area (Å²) in [4.78, 5) is 11.7. The Bertz CT molecular complexity index is 492. The summed E-state index contributed by atoms with van der Waals surface area (Å²) in [7, 11) is 0. The second-order valence-corrected chi connectivity index (χ2v) is 5.03. The van der Waals surface area contributed by atoms with Gasteiger partial charge in [-0.25, -0.2) is 5.43 Å². The molecule has 3 rings (SSSR count). The molecule has 18 heavy (non-hydrogen) atoms. The van der Waals surface area contributed by atoms with Crippen LogP contribution in [0.15, 0.2) is 47.6 Å². The SMILES string of the molecule is O=C(NN=CC1CC2C=CC1C2)c1ccccc1. The van der Waals surface area contributed by atoms with Crippen LogP contribution in [0.4, 0.5) is 0 Å². The van der Waals surface area contributed by atoms with Crippen LogP contribution < -0.4 is 5.43 Å². The van der Waals surface area contributed by atoms with Crippen molar-refractivity contribution in [2.75, 3.05) is 0 Å². The van der Waals surface area contributed by atoms with E-state index in [0.29, 0.717) is 17.4 Å². The van der Waals surface area contributed by atoms with E-state index in [4.69, 9.17) is 0 Å². The van der Waals surface area contributed by atoms with Crippen molar-refractivity contribution in [2.24, 2.45) is 22.9 Å². The molecule has 0 aliphatic heterocycles. The minimum absolute atomic E-state index is 0.148. The number of rotatable bonds is 3. The Labute approximate surface area is 107 Å². The van der Waals surface area contributed by atoms with E-state index in [0.717, 1.165) is 5.92 Å². The third-order valence-corrected chi connectivity index (χ3v) is 3.80. The number of carbonyl (C=O) groups excluding carboxylic acids is 1. The van der Waals surface area contributed by atoms with Gasteiger partial charge in [0.15, 0.2) is 0 Å². The van der Waals surface area contributed by atoms with Gasteiger partial charge in [-0.1, -0.05) is 30.4 Å². The predicted octanol–water partition coefficient (Wildman–Crippen LogP) is 2.61. The molecule has 0 heterocycles. The van der Waals surface area contributed by atoms with Gasteiger partial charge >= 0.3 is 0 Å². The maximum Gasteiger partial charge on any atom is 0.271 e. The minimum Gasteiger partial charge on any atom is -0.267 e. The van der Waals surface area contributed by atoms with Crippen molar-refractivity contribution in [3.63, 3.8) is 0 Å². The summed E-state index contributed by atoms with van der Waals surface area (Å²) in [6.45, 7) is 0. The maximum atomic E-state index is 11.7. The van der Waals surface area contributed by atoms with Gasteiger partial charge in [0.25, 0.3) is 5.91 Å². The molecule has 1 aromatic rings. The molecule has 1 saturated carbocycles. The molecule has 0 radical (unpaired) electrons. The molecule has 1 N–H and O–H groups in total. The van der Waals surface area contributed by atoms with Crippen LogP contribution in [-0.4, -0.2) is 12.1 Å². The van der Waals surface area contributed by atoms with E-state index < -0.39 is 0 Å². The zero-order chi connectivity index (χ0) is 12.4. The fourth-order valence-electron chi connectivity index (χ4n) is 2.84. The number of hydrazone groups is 1. The summed E-state index contributed by atoms with van der Waals surface area (Å²) in [5.74, 6) is 1.71. The molecule has 3 heteroatoms. The van der Waals surface area contributed by atoms with E-state index in [1.54, 1.807) is 12.1 Å². The van der Waals surface area contributed by atoms with Gasteiger partial charge in [0, 0.05) is 17.7 Å². The van der Waals surface area contributed by atoms with Crippen molar-refractivity contribution in [2.45, 2.75) is 12.8 Å². The summed E-state index contributed by atoms with van der Waals surface area (Å²) in [6.07, 6.45) is 8.91. The molecule has 2 bridgehead atoms. The second-order valence-electron chi connectivity index (χ2n) is 5.03. The van der Waals surface area contributed by atoms with E-state index in [1.165, 1.54) is 12.8 Å². The molecule has 3 atom stereocenters. The number of hydrogen-bond acceptors (Lipinski definition) is 2. The zero-order valence-electron chi connectivity index (χ0n) is 10.1. The number of hydrogen-bond donors (Lipinski definition) is 1. The van der Waals surface area contributed by atoms with Crippen LogP contribution in [0.25, 0.3) is 0 Å². The summed E-state index contributed by atoms with van der Waals surface area (Å²) in [6, 6.07) is 9.15. The first-order valence-electron chi connectivity index (χ1n) is 6.40. The first kappa shape index (κ1) is 11.2. The fraction of sp³-hybridized carbons (Fsp3) is 0.333. The number of benzene rings is 1. The molecule has 1 amide bonds. The third-order valence-electron chi connectivity index (χ3n) is 3.80. The fourth-order valence-corrected chi connectivity index (χ4v) is 2.84. The Morgan fingerprint density at radius 3 is 2.72 bits per heavy atom. The molecule has 0 spiro atoms. The normalized spacial score (nSPS) is 29.0. The molecule has 1 fully saturated rings. The van der Waals surface area contributed by atoms with Gasteiger partial charge in [0.1, 0.15) is 0 Å². The Morgan fingerprint density at radius 2 is 2.06 bits per heavy atom. The van der Waals surface area contributed by atoms with Crippen LogP contribution in [0.2, 0.25) is 0 Å². The molecule has 2 aliphatic rings. The van der Waals surface area contributed by atoms with Gasteiger partial charge in [0.05, 0.1) is 0 Å². The highest BCUT2D eigenvalue weighted by Gasteiger charge is 2.34. The summed E-state index contributed by atoms with van der Waals surface area (Å²) in [5, 5.41) is 4.09. The van der Waals surface area contributed by atoms with Crippen LogP contribution in [0.1, 0.15) is 23.2 Å². The van der Waals surface area contributed by atoms with Gasteiger partial charge in [0.2, 0.25) is 0 Å². The smallest absolute Gasteiger partial charge is 0.267 e. The van der Waals surface area contributed by atoms with E-state index in [9.17, 15) is 4.79 Å². The topological polar surface area (TPSA) is 41.5 Å². The van der Waals surface area contributed by atoms with Crippen molar-refractivity contribution in [1.82, 2.24) is 5.43 Å². The molecular weight excluding hydrogens is 224 g/mol. The number of nitrogens with zero attached hydrogens (tertiary/aromatic N) is 1. The van der Waals surface area contributed by atoms with Gasteiger partial charge in [-0.15, -0.1) is 0 Å². The van der Waals surface area contributed by atoms with Gasteiger partial charge in [-0.3, -0.25) is 4.79 Å². The van der Waals surface area contributed by atoms with Crippen molar-refractivity contribution < 1.29 is 4.79 Å². The zero-order valence-corrected chi connectivity index (χ0v) is 10.1. The van der Waals surface area contributed by atoms with Crippen LogP contribution >= 0.6 is 0 Å². The number of fused-ring (bicyclic) bond motifs is 2. The molecule has 0 saturated heterocycles. The van der Waals surface area contributed by atoms with E-state index in [2.05, 4.69) is 22.7 Å². The highest BCUT2D eigenvalue weighted by Crippen LogP contribution is 2.42. The Hall–Kier alpha value is -1.90. The Balaban J connectivity index is 1.55. The highest BCUT2D eigenvalue weighted by molar-refractivity contribution is 5.94. The van der Waals surface area contributed by atoms with Crippen molar-refractivity contribution in [3.8, 4) is 0 Å². The summed E-state index contributed by atoms with van der Waals surface area (Å²) < 4.78 is 0. The van der Waals surface area contributed by atoms with Crippen LogP contribution in [0.3, 0.4) is 0 Å². The average molecular weight is 240 g/mol. The quantitative estimate of drug-likeness (QED) is 0.492. The second kappa shape index (κ2) is 4.77. The predicted molar refractivity (Wildman–Crippen MR) is 71.2 cm³/mol. The largest absolute Gasteiger partial charge is 0.271 e. The number of nitrogens with one attached hydrogen (secondary N) is 1. The Morgan fingerprint density at radius 1 is 1.22 bits per heavy atom. The molecule has 92 valence electrons. The van der Waals surface area contributed by atoms with Gasteiger partial charge in [-0.2, -0.15) is 5.10 Å². The molecule has 3 unspecified atom stereocenters. The summed E-state index contributed by atoms with van der Waals surface area (Å²) in [5.41, 5.74) is 3.23. The van der Waals surface area contributed by atoms with Gasteiger partial charge < -0.3 is 0 Å². The van der Waals surface area contributed by atoms with E-state index >= 15 is 0 Å². The lowest BCUT2D eigenvalue weighted by Crippen LogP contribution is -2.19. The standard InChI is InChI=1S/C15H16N2O/c18-15(12-4-2-1-3-5-12)17-16-10-14-9-11-6-7-13(14)8-11/h1-7,10-11,13-14H,8-9H2,(H,17,18). The number of allylic oxidation sites excluding steroid dienone is 2. The van der Waals surface area contributed by atoms with Crippen molar-refractivity contribution in [3.05, 3.63) is 48.0 Å². The van der Waals surface area contributed by atoms with E-state index in [-0.39, 0.29) is 5.91 Å². The van der Waals surface area contributed by atoms with Crippen molar-refractivity contribution in [1.29, 1.82) is 0 Å². The number of amides is 1. The average Bonchev–Trinajstić information content (AvgIpc) is 3.02. The lowest BCUT2D eigenvalue weighted by molar-refractivity contribution is 0.0955. The van der Waals surface area contributed by atoms with Crippen molar-refractivity contribution >= 4 is 12.1 Å². The third kappa shape index (κ3) is 2.21. The van der Waals surface area contributed by atoms with Crippen LogP contribution in [-0.2, 0) is 0 Å². The van der Waals surface area contributed by atoms with E-state index in [1.807, 2.05) is 24.4 Å². The molecular formula is C15H16N2O. The maximum absolute atomic E-state index is 11.7. The lowest BCUT2D eigenvalue weighted by atomic mass is 9.95. The molecule has 3 nitrogen and oxygen atoms in total. The lowest BCUT2D eigenvalue weighted by Gasteiger charge is -2.11. The molecule has 1 aromatic carbocycles. The first-order valence-corrected chi connectivity index (χ1v) is 6.40. The monoisotopic (exact) mass is 240 g/mol. The molecule has 2 aliphatic carbocycles. The summed E-state index contributed by atoms with van der Waals surface area (Å²) >= 11 is 0. The van der Waals surface area contributed by atoms with Gasteiger partial charge in [-0.05, 0) is 36.8 Å². The number of carbonyl (C=O) groups is 1.